The van der Waals surface area contributed by atoms with Gasteiger partial charge in [-0.3, -0.25) is 4.79 Å². The second kappa shape index (κ2) is 6.31. The number of ether oxygens (including phenoxy) is 1. The summed E-state index contributed by atoms with van der Waals surface area (Å²) in [6.45, 7) is 0. The second-order valence-corrected chi connectivity index (χ2v) is 6.78. The van der Waals surface area contributed by atoms with Crippen LogP contribution in [0, 0.1) is 0 Å². The van der Waals surface area contributed by atoms with Gasteiger partial charge in [0.25, 0.3) is 5.78 Å². The van der Waals surface area contributed by atoms with Crippen LogP contribution in [0.25, 0.3) is 0 Å². The number of hydrogen-bond acceptors (Lipinski definition) is 2. The molecular formula is C17H8Cl2F6O2. The van der Waals surface area contributed by atoms with Crippen LogP contribution in [0.1, 0.15) is 21.5 Å². The zero-order valence-corrected chi connectivity index (χ0v) is 14.5. The number of alkyl halides is 6. The first-order chi connectivity index (χ1) is 12.3. The van der Waals surface area contributed by atoms with Gasteiger partial charge in [-0.15, -0.1) is 0 Å². The fraction of sp³-hybridized carbons (Fsp3) is 0.235. The van der Waals surface area contributed by atoms with E-state index in [2.05, 4.69) is 0 Å². The fourth-order valence-electron chi connectivity index (χ4n) is 2.88. The molecular weight excluding hydrogens is 421 g/mol. The molecule has 0 aliphatic carbocycles. The summed E-state index contributed by atoms with van der Waals surface area (Å²) in [6.07, 6.45) is -10.9. The van der Waals surface area contributed by atoms with Crippen molar-refractivity contribution in [3.63, 3.8) is 0 Å². The molecule has 144 valence electrons. The number of Topliss-reactive ketones (excluding diaryl/α,β-unsaturated/α-hetero) is 1. The molecule has 0 aromatic heterocycles. The Kier molecular flexibility index (Phi) is 4.63. The van der Waals surface area contributed by atoms with Crippen LogP contribution >= 0.6 is 23.2 Å². The van der Waals surface area contributed by atoms with Gasteiger partial charge in [0.1, 0.15) is 5.75 Å². The summed E-state index contributed by atoms with van der Waals surface area (Å²) in [7, 11) is 0. The number of carbonyl (C=O) groups is 1. The molecule has 0 radical (unpaired) electrons. The highest BCUT2D eigenvalue weighted by Gasteiger charge is 2.61. The van der Waals surface area contributed by atoms with E-state index >= 15 is 0 Å². The lowest BCUT2D eigenvalue weighted by Crippen LogP contribution is -2.46. The van der Waals surface area contributed by atoms with Crippen molar-refractivity contribution in [1.29, 1.82) is 0 Å². The van der Waals surface area contributed by atoms with E-state index < -0.39 is 41.3 Å². The summed E-state index contributed by atoms with van der Waals surface area (Å²) in [6, 6.07) is 5.72. The number of ketones is 1. The van der Waals surface area contributed by atoms with E-state index in [9.17, 15) is 31.1 Å². The van der Waals surface area contributed by atoms with Crippen molar-refractivity contribution in [3.05, 3.63) is 63.1 Å². The Morgan fingerprint density at radius 3 is 2.07 bits per heavy atom. The van der Waals surface area contributed by atoms with Gasteiger partial charge < -0.3 is 4.74 Å². The highest BCUT2D eigenvalue weighted by Crippen LogP contribution is 2.51. The van der Waals surface area contributed by atoms with E-state index in [4.69, 9.17) is 27.9 Å². The maximum absolute atomic E-state index is 13.9. The Hall–Kier alpha value is -1.93. The molecule has 0 fully saturated rings. The number of rotatable bonds is 2. The van der Waals surface area contributed by atoms with E-state index in [-0.39, 0.29) is 21.4 Å². The van der Waals surface area contributed by atoms with Gasteiger partial charge in [0.2, 0.25) is 5.60 Å². The van der Waals surface area contributed by atoms with E-state index in [1.165, 1.54) is 6.07 Å². The summed E-state index contributed by atoms with van der Waals surface area (Å²) < 4.78 is 84.7. The first-order valence-electron chi connectivity index (χ1n) is 7.30. The third-order valence-electron chi connectivity index (χ3n) is 4.09. The Morgan fingerprint density at radius 2 is 1.56 bits per heavy atom. The van der Waals surface area contributed by atoms with Gasteiger partial charge in [-0.25, -0.2) is 0 Å². The lowest BCUT2D eigenvalue weighted by Gasteiger charge is -2.31. The van der Waals surface area contributed by atoms with Crippen molar-refractivity contribution in [2.75, 3.05) is 0 Å². The third kappa shape index (κ3) is 3.48. The Labute approximate surface area is 158 Å². The molecule has 0 N–H and O–H groups in total. The molecule has 1 aliphatic rings. The predicted octanol–water partition coefficient (Wildman–Crippen LogP) is 6.13. The first kappa shape index (κ1) is 19.8. The lowest BCUT2D eigenvalue weighted by atomic mass is 9.88. The van der Waals surface area contributed by atoms with Crippen molar-refractivity contribution in [2.45, 2.75) is 24.4 Å². The van der Waals surface area contributed by atoms with Crippen LogP contribution in [0.5, 0.6) is 5.75 Å². The monoisotopic (exact) mass is 428 g/mol. The van der Waals surface area contributed by atoms with Crippen LogP contribution in [0.15, 0.2) is 36.4 Å². The predicted molar refractivity (Wildman–Crippen MR) is 85.4 cm³/mol. The molecule has 10 heteroatoms. The molecule has 2 aromatic carbocycles. The molecule has 0 spiro atoms. The molecule has 1 aliphatic heterocycles. The minimum absolute atomic E-state index is 0.0615. The van der Waals surface area contributed by atoms with Crippen molar-refractivity contribution >= 4 is 29.0 Å². The van der Waals surface area contributed by atoms with Gasteiger partial charge in [0.05, 0.1) is 0 Å². The average molecular weight is 429 g/mol. The van der Waals surface area contributed by atoms with Crippen molar-refractivity contribution in [3.8, 4) is 5.75 Å². The molecule has 0 amide bonds. The fourth-order valence-corrected chi connectivity index (χ4v) is 3.41. The molecule has 0 bridgehead atoms. The van der Waals surface area contributed by atoms with Gasteiger partial charge in [0, 0.05) is 27.6 Å². The molecule has 2 nitrogen and oxygen atoms in total. The summed E-state index contributed by atoms with van der Waals surface area (Å²) in [4.78, 5) is 11.4. The van der Waals surface area contributed by atoms with Crippen molar-refractivity contribution in [1.82, 2.24) is 0 Å². The summed E-state index contributed by atoms with van der Waals surface area (Å²) >= 11 is 11.6. The van der Waals surface area contributed by atoms with Gasteiger partial charge >= 0.3 is 12.4 Å². The van der Waals surface area contributed by atoms with Gasteiger partial charge in [-0.2, -0.15) is 26.3 Å². The summed E-state index contributed by atoms with van der Waals surface area (Å²) in [5.41, 5.74) is -4.23. The van der Waals surface area contributed by atoms with E-state index in [0.29, 0.717) is 0 Å². The number of halogens is 8. The van der Waals surface area contributed by atoms with E-state index in [1.807, 2.05) is 0 Å². The van der Waals surface area contributed by atoms with Crippen LogP contribution in [-0.2, 0) is 12.0 Å². The van der Waals surface area contributed by atoms with Crippen molar-refractivity contribution < 1.29 is 35.9 Å². The SMILES string of the molecule is O=C(c1ccc2c(c1)CC(c1cc(Cl)cc(Cl)c1)(C(F)(F)F)O2)C(F)(F)F. The zero-order chi connectivity index (χ0) is 20.2. The van der Waals surface area contributed by atoms with Crippen molar-refractivity contribution in [2.24, 2.45) is 0 Å². The highest BCUT2D eigenvalue weighted by molar-refractivity contribution is 6.34. The molecule has 2 aromatic rings. The van der Waals surface area contributed by atoms with Crippen LogP contribution in [0.4, 0.5) is 26.3 Å². The topological polar surface area (TPSA) is 26.3 Å². The lowest BCUT2D eigenvalue weighted by molar-refractivity contribution is -0.248. The number of carbonyl (C=O) groups excluding carboxylic acids is 1. The minimum Gasteiger partial charge on any atom is -0.472 e. The number of fused-ring (bicyclic) bond motifs is 1. The smallest absolute Gasteiger partial charge is 0.454 e. The molecule has 1 heterocycles. The average Bonchev–Trinajstić information content (AvgIpc) is 2.92. The maximum atomic E-state index is 13.9. The number of benzene rings is 2. The second-order valence-electron chi connectivity index (χ2n) is 5.91. The van der Waals surface area contributed by atoms with Gasteiger partial charge in [0.15, 0.2) is 0 Å². The van der Waals surface area contributed by atoms with Crippen LogP contribution in [0.3, 0.4) is 0 Å². The minimum atomic E-state index is -5.14. The standard InChI is InChI=1S/C17H8Cl2F6O2/c18-11-4-10(5-12(19)6-11)15(17(23,24)25)7-9-3-8(1-2-13(9)27-15)14(26)16(20,21)22/h1-6H,7H2. The van der Waals surface area contributed by atoms with Gasteiger partial charge in [-0.1, -0.05) is 23.2 Å². The van der Waals surface area contributed by atoms with Gasteiger partial charge in [-0.05, 0) is 42.0 Å². The number of hydrogen-bond donors (Lipinski definition) is 0. The van der Waals surface area contributed by atoms with E-state index in [0.717, 1.165) is 30.3 Å². The molecule has 0 saturated heterocycles. The highest BCUT2D eigenvalue weighted by atomic mass is 35.5. The summed E-state index contributed by atoms with van der Waals surface area (Å²) in [5.74, 6) is -2.43. The largest absolute Gasteiger partial charge is 0.472 e. The molecule has 1 unspecified atom stereocenters. The Balaban J connectivity index is 2.10. The van der Waals surface area contributed by atoms with Crippen LogP contribution in [-0.4, -0.2) is 18.1 Å². The molecule has 3 rings (SSSR count). The zero-order valence-electron chi connectivity index (χ0n) is 13.0. The van der Waals surface area contributed by atoms with E-state index in [1.54, 1.807) is 0 Å². The normalized spacial score (nSPS) is 19.6. The summed E-state index contributed by atoms with van der Waals surface area (Å²) in [5, 5.41) is -0.123. The maximum Gasteiger partial charge on any atom is 0.454 e. The quantitative estimate of drug-likeness (QED) is 0.424. The third-order valence-corrected chi connectivity index (χ3v) is 4.53. The molecule has 1 atom stereocenters. The van der Waals surface area contributed by atoms with Crippen LogP contribution < -0.4 is 4.74 Å². The Morgan fingerprint density at radius 1 is 0.963 bits per heavy atom. The molecule has 27 heavy (non-hydrogen) atoms. The first-order valence-corrected chi connectivity index (χ1v) is 8.06. The van der Waals surface area contributed by atoms with Crippen LogP contribution in [0.2, 0.25) is 10.0 Å². The Bertz CT molecular complexity index is 902. The molecule has 0 saturated carbocycles.